The maximum atomic E-state index is 6.00. The SMILES string of the molecule is CCCN(CC)c1ccc([C@H](N)CC)cc1. The highest BCUT2D eigenvalue weighted by molar-refractivity contribution is 5.47. The summed E-state index contributed by atoms with van der Waals surface area (Å²) < 4.78 is 0. The van der Waals surface area contributed by atoms with Crippen molar-refractivity contribution in [3.8, 4) is 0 Å². The zero-order valence-corrected chi connectivity index (χ0v) is 10.7. The van der Waals surface area contributed by atoms with Crippen LogP contribution in [0.4, 0.5) is 5.69 Å². The Morgan fingerprint density at radius 3 is 2.19 bits per heavy atom. The van der Waals surface area contributed by atoms with Crippen LogP contribution in [0.1, 0.15) is 45.2 Å². The molecule has 0 bridgehead atoms. The summed E-state index contributed by atoms with van der Waals surface area (Å²) in [4.78, 5) is 2.39. The lowest BCUT2D eigenvalue weighted by atomic mass is 10.1. The second-order valence-electron chi connectivity index (χ2n) is 4.19. The van der Waals surface area contributed by atoms with E-state index < -0.39 is 0 Å². The van der Waals surface area contributed by atoms with E-state index in [9.17, 15) is 0 Å². The summed E-state index contributed by atoms with van der Waals surface area (Å²) in [6, 6.07) is 8.85. The van der Waals surface area contributed by atoms with Crippen LogP contribution >= 0.6 is 0 Å². The van der Waals surface area contributed by atoms with Crippen molar-refractivity contribution in [2.45, 2.75) is 39.7 Å². The van der Waals surface area contributed by atoms with Gasteiger partial charge in [0.1, 0.15) is 0 Å². The van der Waals surface area contributed by atoms with E-state index in [-0.39, 0.29) is 6.04 Å². The van der Waals surface area contributed by atoms with E-state index in [0.29, 0.717) is 0 Å². The van der Waals surface area contributed by atoms with Gasteiger partial charge in [0.15, 0.2) is 0 Å². The maximum absolute atomic E-state index is 6.00. The Balaban J connectivity index is 2.76. The van der Waals surface area contributed by atoms with Gasteiger partial charge in [-0.25, -0.2) is 0 Å². The van der Waals surface area contributed by atoms with Crippen molar-refractivity contribution in [3.05, 3.63) is 29.8 Å². The van der Waals surface area contributed by atoms with Crippen LogP contribution in [0.2, 0.25) is 0 Å². The monoisotopic (exact) mass is 220 g/mol. The Morgan fingerprint density at radius 1 is 1.12 bits per heavy atom. The van der Waals surface area contributed by atoms with E-state index in [1.54, 1.807) is 0 Å². The smallest absolute Gasteiger partial charge is 0.0366 e. The second-order valence-corrected chi connectivity index (χ2v) is 4.19. The molecule has 0 aliphatic carbocycles. The first-order valence-corrected chi connectivity index (χ1v) is 6.33. The summed E-state index contributed by atoms with van der Waals surface area (Å²) in [5.74, 6) is 0. The Labute approximate surface area is 99.5 Å². The minimum atomic E-state index is 0.176. The summed E-state index contributed by atoms with van der Waals surface area (Å²) in [7, 11) is 0. The molecule has 90 valence electrons. The predicted octanol–water partition coefficient (Wildman–Crippen LogP) is 3.33. The number of anilines is 1. The Bertz CT molecular complexity index is 292. The summed E-state index contributed by atoms with van der Waals surface area (Å²) in [5.41, 5.74) is 8.54. The van der Waals surface area contributed by atoms with Crippen LogP contribution < -0.4 is 10.6 Å². The standard InChI is InChI=1S/C14H24N2/c1-4-11-16(6-3)13-9-7-12(8-10-13)14(15)5-2/h7-10,14H,4-6,11,15H2,1-3H3/t14-/m1/s1. The van der Waals surface area contributed by atoms with Crippen LogP contribution in [-0.2, 0) is 0 Å². The molecule has 0 spiro atoms. The fourth-order valence-electron chi connectivity index (χ4n) is 1.91. The molecule has 0 aliphatic heterocycles. The van der Waals surface area contributed by atoms with E-state index >= 15 is 0 Å². The van der Waals surface area contributed by atoms with Crippen LogP contribution in [0.25, 0.3) is 0 Å². The summed E-state index contributed by atoms with van der Waals surface area (Å²) in [6.45, 7) is 8.71. The third-order valence-corrected chi connectivity index (χ3v) is 3.00. The van der Waals surface area contributed by atoms with Gasteiger partial charge in [0.05, 0.1) is 0 Å². The van der Waals surface area contributed by atoms with E-state index in [1.807, 2.05) is 0 Å². The lowest BCUT2D eigenvalue weighted by Gasteiger charge is -2.23. The molecule has 0 fully saturated rings. The number of benzene rings is 1. The molecule has 0 radical (unpaired) electrons. The minimum absolute atomic E-state index is 0.176. The minimum Gasteiger partial charge on any atom is -0.372 e. The molecule has 16 heavy (non-hydrogen) atoms. The lowest BCUT2D eigenvalue weighted by molar-refractivity contribution is 0.698. The molecule has 1 atom stereocenters. The maximum Gasteiger partial charge on any atom is 0.0366 e. The molecule has 2 N–H and O–H groups in total. The van der Waals surface area contributed by atoms with Crippen molar-refractivity contribution in [2.75, 3.05) is 18.0 Å². The molecule has 2 nitrogen and oxygen atoms in total. The fourth-order valence-corrected chi connectivity index (χ4v) is 1.91. The number of rotatable bonds is 6. The first kappa shape index (κ1) is 13.0. The highest BCUT2D eigenvalue weighted by Crippen LogP contribution is 2.19. The van der Waals surface area contributed by atoms with Crippen LogP contribution in [0.3, 0.4) is 0 Å². The van der Waals surface area contributed by atoms with Gasteiger partial charge in [0, 0.05) is 24.8 Å². The fraction of sp³-hybridized carbons (Fsp3) is 0.571. The Kier molecular flexibility index (Phi) is 5.33. The molecule has 1 aromatic rings. The molecular weight excluding hydrogens is 196 g/mol. The second kappa shape index (κ2) is 6.54. The van der Waals surface area contributed by atoms with Crippen LogP contribution in [0.15, 0.2) is 24.3 Å². The van der Waals surface area contributed by atoms with Gasteiger partial charge in [-0.3, -0.25) is 0 Å². The molecule has 1 rings (SSSR count). The van der Waals surface area contributed by atoms with Crippen LogP contribution in [0, 0.1) is 0 Å². The third-order valence-electron chi connectivity index (χ3n) is 3.00. The van der Waals surface area contributed by atoms with Crippen molar-refractivity contribution < 1.29 is 0 Å². The molecule has 1 aromatic carbocycles. The molecule has 0 heterocycles. The number of hydrogen-bond donors (Lipinski definition) is 1. The highest BCUT2D eigenvalue weighted by atomic mass is 15.1. The highest BCUT2D eigenvalue weighted by Gasteiger charge is 2.05. The van der Waals surface area contributed by atoms with Crippen LogP contribution in [-0.4, -0.2) is 13.1 Å². The number of hydrogen-bond acceptors (Lipinski definition) is 2. The predicted molar refractivity (Wildman–Crippen MR) is 71.8 cm³/mol. The average molecular weight is 220 g/mol. The number of nitrogens with zero attached hydrogens (tertiary/aromatic N) is 1. The van der Waals surface area contributed by atoms with E-state index in [0.717, 1.165) is 19.5 Å². The number of nitrogens with two attached hydrogens (primary N) is 1. The van der Waals surface area contributed by atoms with Gasteiger partial charge in [-0.05, 0) is 37.5 Å². The van der Waals surface area contributed by atoms with Crippen molar-refractivity contribution in [3.63, 3.8) is 0 Å². The van der Waals surface area contributed by atoms with Crippen molar-refractivity contribution in [1.29, 1.82) is 0 Å². The van der Waals surface area contributed by atoms with Crippen molar-refractivity contribution in [1.82, 2.24) is 0 Å². The van der Waals surface area contributed by atoms with Crippen molar-refractivity contribution in [2.24, 2.45) is 5.73 Å². The van der Waals surface area contributed by atoms with E-state index in [1.165, 1.54) is 17.7 Å². The molecule has 0 amide bonds. The molecular formula is C14H24N2. The van der Waals surface area contributed by atoms with Gasteiger partial charge in [-0.1, -0.05) is 26.0 Å². The topological polar surface area (TPSA) is 29.3 Å². The Morgan fingerprint density at radius 2 is 1.75 bits per heavy atom. The molecule has 0 saturated carbocycles. The third kappa shape index (κ3) is 3.24. The largest absolute Gasteiger partial charge is 0.372 e. The summed E-state index contributed by atoms with van der Waals surface area (Å²) in [6.07, 6.45) is 2.18. The van der Waals surface area contributed by atoms with Crippen LogP contribution in [0.5, 0.6) is 0 Å². The zero-order valence-electron chi connectivity index (χ0n) is 10.7. The molecule has 2 heteroatoms. The first-order valence-electron chi connectivity index (χ1n) is 6.33. The lowest BCUT2D eigenvalue weighted by Crippen LogP contribution is -2.23. The van der Waals surface area contributed by atoms with E-state index in [2.05, 4.69) is 49.9 Å². The normalized spacial score (nSPS) is 12.5. The van der Waals surface area contributed by atoms with Crippen molar-refractivity contribution >= 4 is 5.69 Å². The quantitative estimate of drug-likeness (QED) is 0.796. The van der Waals surface area contributed by atoms with Gasteiger partial charge in [0.25, 0.3) is 0 Å². The van der Waals surface area contributed by atoms with Gasteiger partial charge >= 0.3 is 0 Å². The summed E-state index contributed by atoms with van der Waals surface area (Å²) >= 11 is 0. The molecule has 0 saturated heterocycles. The first-order chi connectivity index (χ1) is 7.72. The zero-order chi connectivity index (χ0) is 12.0. The molecule has 0 unspecified atom stereocenters. The van der Waals surface area contributed by atoms with E-state index in [4.69, 9.17) is 5.73 Å². The van der Waals surface area contributed by atoms with Gasteiger partial charge < -0.3 is 10.6 Å². The molecule has 0 aliphatic rings. The van der Waals surface area contributed by atoms with Gasteiger partial charge in [-0.15, -0.1) is 0 Å². The van der Waals surface area contributed by atoms with Gasteiger partial charge in [-0.2, -0.15) is 0 Å². The average Bonchev–Trinajstić information content (AvgIpc) is 2.35. The van der Waals surface area contributed by atoms with Gasteiger partial charge in [0.2, 0.25) is 0 Å². The molecule has 0 aromatic heterocycles. The summed E-state index contributed by atoms with van der Waals surface area (Å²) in [5, 5.41) is 0. The Hall–Kier alpha value is -1.02.